The second-order valence-corrected chi connectivity index (χ2v) is 7.66. The molecule has 1 unspecified atom stereocenters. The van der Waals surface area contributed by atoms with Crippen molar-refractivity contribution in [3.05, 3.63) is 93.7 Å². The third-order valence-corrected chi connectivity index (χ3v) is 5.34. The van der Waals surface area contributed by atoms with Gasteiger partial charge in [-0.1, -0.05) is 65.7 Å². The summed E-state index contributed by atoms with van der Waals surface area (Å²) in [6.45, 7) is 3.79. The Hall–Kier alpha value is -2.89. The Kier molecular flexibility index (Phi) is 7.08. The molecule has 0 spiro atoms. The number of carbonyl (C=O) groups is 2. The molecule has 3 aromatic rings. The van der Waals surface area contributed by atoms with Crippen LogP contribution in [0.4, 0.5) is 5.69 Å². The molecule has 1 aromatic heterocycles. The van der Waals surface area contributed by atoms with Crippen LogP contribution in [0.5, 0.6) is 0 Å². The molecule has 154 valence electrons. The molecule has 0 radical (unpaired) electrons. The second-order valence-electron chi connectivity index (χ2n) is 6.90. The third kappa shape index (κ3) is 5.38. The first-order valence-corrected chi connectivity index (χ1v) is 10.1. The fraction of sp³-hybridized carbons (Fsp3) is 0.174. The molecule has 7 heteroatoms. The van der Waals surface area contributed by atoms with Gasteiger partial charge >= 0.3 is 0 Å². The van der Waals surface area contributed by atoms with Crippen molar-refractivity contribution in [2.75, 3.05) is 5.32 Å². The minimum absolute atomic E-state index is 0.152. The van der Waals surface area contributed by atoms with E-state index in [1.165, 1.54) is 19.2 Å². The van der Waals surface area contributed by atoms with Gasteiger partial charge in [-0.3, -0.25) is 9.59 Å². The van der Waals surface area contributed by atoms with Gasteiger partial charge in [-0.25, -0.2) is 4.98 Å². The van der Waals surface area contributed by atoms with E-state index >= 15 is 0 Å². The summed E-state index contributed by atoms with van der Waals surface area (Å²) < 4.78 is 0. The van der Waals surface area contributed by atoms with Gasteiger partial charge in [0.2, 0.25) is 5.91 Å². The summed E-state index contributed by atoms with van der Waals surface area (Å²) in [6.07, 6.45) is 1.43. The highest BCUT2D eigenvalue weighted by Crippen LogP contribution is 2.28. The Morgan fingerprint density at radius 1 is 1.07 bits per heavy atom. The maximum absolute atomic E-state index is 13.4. The van der Waals surface area contributed by atoms with E-state index in [1.54, 1.807) is 4.90 Å². The summed E-state index contributed by atoms with van der Waals surface area (Å²) in [4.78, 5) is 30.6. The highest BCUT2D eigenvalue weighted by Gasteiger charge is 2.24. The van der Waals surface area contributed by atoms with Crippen molar-refractivity contribution in [2.45, 2.75) is 26.4 Å². The molecule has 1 N–H and O–H groups in total. The number of hydrogen-bond donors (Lipinski definition) is 1. The number of rotatable bonds is 6. The summed E-state index contributed by atoms with van der Waals surface area (Å²) in [5.41, 5.74) is 2.91. The summed E-state index contributed by atoms with van der Waals surface area (Å²) in [7, 11) is 0. The number of pyridine rings is 1. The average Bonchev–Trinajstić information content (AvgIpc) is 2.73. The zero-order valence-corrected chi connectivity index (χ0v) is 18.1. The Morgan fingerprint density at radius 2 is 1.80 bits per heavy atom. The van der Waals surface area contributed by atoms with Crippen LogP contribution >= 0.6 is 23.2 Å². The van der Waals surface area contributed by atoms with Crippen LogP contribution in [-0.4, -0.2) is 21.7 Å². The molecule has 1 atom stereocenters. The van der Waals surface area contributed by atoms with Crippen LogP contribution in [-0.2, 0) is 11.3 Å². The summed E-state index contributed by atoms with van der Waals surface area (Å²) in [5.74, 6) is -0.374. The summed E-state index contributed by atoms with van der Waals surface area (Å²) >= 11 is 12.0. The van der Waals surface area contributed by atoms with E-state index in [1.807, 2.05) is 61.5 Å². The van der Waals surface area contributed by atoms with Crippen LogP contribution in [0, 0.1) is 0 Å². The lowest BCUT2D eigenvalue weighted by molar-refractivity contribution is -0.114. The summed E-state index contributed by atoms with van der Waals surface area (Å²) in [5, 5.41) is 3.16. The number of carbonyl (C=O) groups excluding carboxylic acids is 2. The van der Waals surface area contributed by atoms with Gasteiger partial charge in [0.15, 0.2) is 0 Å². The number of aromatic nitrogens is 1. The van der Waals surface area contributed by atoms with Gasteiger partial charge in [-0.05, 0) is 36.2 Å². The highest BCUT2D eigenvalue weighted by molar-refractivity contribution is 6.41. The monoisotopic (exact) mass is 441 g/mol. The average molecular weight is 442 g/mol. The van der Waals surface area contributed by atoms with E-state index < -0.39 is 0 Å². The fourth-order valence-corrected chi connectivity index (χ4v) is 3.40. The molecule has 0 aliphatic carbocycles. The predicted octanol–water partition coefficient (Wildman–Crippen LogP) is 5.75. The lowest BCUT2D eigenvalue weighted by Crippen LogP contribution is -2.33. The molecular weight excluding hydrogens is 421 g/mol. The molecule has 5 nitrogen and oxygen atoms in total. The van der Waals surface area contributed by atoms with Gasteiger partial charge in [-0.2, -0.15) is 0 Å². The number of amides is 2. The molecule has 0 fully saturated rings. The van der Waals surface area contributed by atoms with Crippen molar-refractivity contribution >= 4 is 40.7 Å². The van der Waals surface area contributed by atoms with E-state index in [4.69, 9.17) is 23.2 Å². The van der Waals surface area contributed by atoms with Crippen molar-refractivity contribution in [2.24, 2.45) is 0 Å². The zero-order chi connectivity index (χ0) is 21.7. The zero-order valence-electron chi connectivity index (χ0n) is 16.6. The van der Waals surface area contributed by atoms with Gasteiger partial charge in [0.1, 0.15) is 5.15 Å². The SMILES string of the molecule is CC(=O)Nc1cccc(C(C)N(Cc2ccccc2)C(=O)c2cnc(Cl)c(Cl)c2)c1. The molecule has 0 aliphatic rings. The molecule has 2 aromatic carbocycles. The van der Waals surface area contributed by atoms with Crippen LogP contribution in [0.2, 0.25) is 10.2 Å². The van der Waals surface area contributed by atoms with E-state index in [2.05, 4.69) is 10.3 Å². The molecule has 3 rings (SSSR count). The number of hydrogen-bond acceptors (Lipinski definition) is 3. The first kappa shape index (κ1) is 21.8. The normalized spacial score (nSPS) is 11.6. The Labute approximate surface area is 185 Å². The first-order valence-electron chi connectivity index (χ1n) is 9.38. The first-order chi connectivity index (χ1) is 14.3. The van der Waals surface area contributed by atoms with Gasteiger partial charge in [0, 0.05) is 25.4 Å². The lowest BCUT2D eigenvalue weighted by Gasteiger charge is -2.30. The Morgan fingerprint density at radius 3 is 2.47 bits per heavy atom. The number of benzene rings is 2. The van der Waals surface area contributed by atoms with Crippen LogP contribution in [0.25, 0.3) is 0 Å². The van der Waals surface area contributed by atoms with Crippen LogP contribution in [0.15, 0.2) is 66.9 Å². The van der Waals surface area contributed by atoms with E-state index in [0.717, 1.165) is 11.1 Å². The molecule has 0 saturated heterocycles. The molecule has 0 bridgehead atoms. The van der Waals surface area contributed by atoms with Gasteiger partial charge in [-0.15, -0.1) is 0 Å². The Balaban J connectivity index is 1.97. The second kappa shape index (κ2) is 9.74. The maximum Gasteiger partial charge on any atom is 0.256 e. The van der Waals surface area contributed by atoms with Crippen molar-refractivity contribution in [3.63, 3.8) is 0 Å². The van der Waals surface area contributed by atoms with E-state index in [9.17, 15) is 9.59 Å². The van der Waals surface area contributed by atoms with Crippen molar-refractivity contribution in [1.82, 2.24) is 9.88 Å². The van der Waals surface area contributed by atoms with Crippen molar-refractivity contribution < 1.29 is 9.59 Å². The van der Waals surface area contributed by atoms with Crippen LogP contribution in [0.1, 0.15) is 41.4 Å². The molecule has 1 heterocycles. The molecular formula is C23H21Cl2N3O2. The topological polar surface area (TPSA) is 62.3 Å². The minimum atomic E-state index is -0.277. The van der Waals surface area contributed by atoms with Crippen molar-refractivity contribution in [3.8, 4) is 0 Å². The largest absolute Gasteiger partial charge is 0.328 e. The predicted molar refractivity (Wildman–Crippen MR) is 120 cm³/mol. The summed E-state index contributed by atoms with van der Waals surface area (Å²) in [6, 6.07) is 18.4. The third-order valence-electron chi connectivity index (χ3n) is 4.66. The van der Waals surface area contributed by atoms with E-state index in [0.29, 0.717) is 17.8 Å². The number of nitrogens with zero attached hydrogens (tertiary/aromatic N) is 2. The quantitative estimate of drug-likeness (QED) is 0.495. The highest BCUT2D eigenvalue weighted by atomic mass is 35.5. The van der Waals surface area contributed by atoms with E-state index in [-0.39, 0.29) is 28.0 Å². The molecule has 0 saturated carbocycles. The molecule has 2 amide bonds. The van der Waals surface area contributed by atoms with Gasteiger partial charge in [0.25, 0.3) is 5.91 Å². The standard InChI is InChI=1S/C23H21Cl2N3O2/c1-15(18-9-6-10-20(11-18)27-16(2)29)28(14-17-7-4-3-5-8-17)23(30)19-12-21(24)22(25)26-13-19/h3-13,15H,14H2,1-2H3,(H,27,29). The van der Waals surface area contributed by atoms with Crippen molar-refractivity contribution in [1.29, 1.82) is 0 Å². The number of anilines is 1. The molecule has 0 aliphatic heterocycles. The smallest absolute Gasteiger partial charge is 0.256 e. The Bertz CT molecular complexity index is 1060. The lowest BCUT2D eigenvalue weighted by atomic mass is 10.0. The van der Waals surface area contributed by atoms with Gasteiger partial charge in [0.05, 0.1) is 16.6 Å². The van der Waals surface area contributed by atoms with Gasteiger partial charge < -0.3 is 10.2 Å². The maximum atomic E-state index is 13.4. The minimum Gasteiger partial charge on any atom is -0.328 e. The van der Waals surface area contributed by atoms with Crippen LogP contribution in [0.3, 0.4) is 0 Å². The number of halogens is 2. The number of nitrogens with one attached hydrogen (secondary N) is 1. The van der Waals surface area contributed by atoms with Crippen LogP contribution < -0.4 is 5.32 Å². The fourth-order valence-electron chi connectivity index (χ4n) is 3.13. The molecule has 30 heavy (non-hydrogen) atoms.